The first kappa shape index (κ1) is 19.3. The largest absolute Gasteiger partial charge is 0.374 e. The Bertz CT molecular complexity index is 641. The Balaban J connectivity index is 1.68. The van der Waals surface area contributed by atoms with E-state index in [4.69, 9.17) is 4.74 Å². The topological polar surface area (TPSA) is 72.5 Å². The number of benzene rings is 1. The van der Waals surface area contributed by atoms with Crippen molar-refractivity contribution in [3.63, 3.8) is 0 Å². The SMILES string of the molecule is CC(C)OCc1ccc(CNC(=O)CS[C@H]2CCS(=O)(=O)C2)cc1. The lowest BCUT2D eigenvalue weighted by Gasteiger charge is -2.10. The number of ether oxygens (including phenoxy) is 1. The van der Waals surface area contributed by atoms with Crippen molar-refractivity contribution in [2.24, 2.45) is 0 Å². The van der Waals surface area contributed by atoms with Crippen LogP contribution in [-0.2, 0) is 32.5 Å². The summed E-state index contributed by atoms with van der Waals surface area (Å²) >= 11 is 1.43. The molecule has 1 fully saturated rings. The second-order valence-electron chi connectivity index (χ2n) is 6.29. The van der Waals surface area contributed by atoms with Crippen molar-refractivity contribution in [2.45, 2.75) is 44.8 Å². The van der Waals surface area contributed by atoms with Crippen molar-refractivity contribution < 1.29 is 17.9 Å². The van der Waals surface area contributed by atoms with E-state index in [1.807, 2.05) is 38.1 Å². The number of thioether (sulfide) groups is 1. The Labute approximate surface area is 148 Å². The molecule has 1 aromatic carbocycles. The third-order valence-electron chi connectivity index (χ3n) is 3.74. The van der Waals surface area contributed by atoms with Crippen molar-refractivity contribution in [2.75, 3.05) is 17.3 Å². The number of carbonyl (C=O) groups is 1. The first-order chi connectivity index (χ1) is 11.3. The molecule has 1 atom stereocenters. The maximum Gasteiger partial charge on any atom is 0.230 e. The van der Waals surface area contributed by atoms with Crippen LogP contribution in [-0.4, -0.2) is 42.9 Å². The van der Waals surface area contributed by atoms with Gasteiger partial charge in [-0.2, -0.15) is 0 Å². The van der Waals surface area contributed by atoms with Gasteiger partial charge in [0.25, 0.3) is 0 Å². The van der Waals surface area contributed by atoms with Crippen LogP contribution < -0.4 is 5.32 Å². The zero-order valence-electron chi connectivity index (χ0n) is 14.2. The Morgan fingerprint density at radius 1 is 1.29 bits per heavy atom. The molecule has 1 aliphatic rings. The van der Waals surface area contributed by atoms with Gasteiger partial charge in [0.15, 0.2) is 9.84 Å². The van der Waals surface area contributed by atoms with Crippen molar-refractivity contribution in [1.82, 2.24) is 5.32 Å². The number of sulfone groups is 1. The molecule has 1 saturated heterocycles. The van der Waals surface area contributed by atoms with E-state index in [9.17, 15) is 13.2 Å². The average molecular weight is 372 g/mol. The molecule has 1 aliphatic heterocycles. The molecule has 134 valence electrons. The minimum absolute atomic E-state index is 0.0565. The van der Waals surface area contributed by atoms with Gasteiger partial charge in [-0.3, -0.25) is 4.79 Å². The smallest absolute Gasteiger partial charge is 0.230 e. The number of amides is 1. The summed E-state index contributed by atoms with van der Waals surface area (Å²) in [7, 11) is -2.88. The molecule has 7 heteroatoms. The summed E-state index contributed by atoms with van der Waals surface area (Å²) in [6.07, 6.45) is 0.858. The van der Waals surface area contributed by atoms with Crippen LogP contribution in [0.3, 0.4) is 0 Å². The van der Waals surface area contributed by atoms with Gasteiger partial charge < -0.3 is 10.1 Å². The monoisotopic (exact) mass is 371 g/mol. The minimum Gasteiger partial charge on any atom is -0.374 e. The number of nitrogens with one attached hydrogen (secondary N) is 1. The Morgan fingerprint density at radius 3 is 2.54 bits per heavy atom. The van der Waals surface area contributed by atoms with Crippen LogP contribution in [0.4, 0.5) is 0 Å². The van der Waals surface area contributed by atoms with E-state index < -0.39 is 9.84 Å². The van der Waals surface area contributed by atoms with Crippen LogP contribution >= 0.6 is 11.8 Å². The van der Waals surface area contributed by atoms with E-state index in [1.54, 1.807) is 0 Å². The van der Waals surface area contributed by atoms with Gasteiger partial charge in [0.2, 0.25) is 5.91 Å². The molecule has 2 rings (SSSR count). The lowest BCUT2D eigenvalue weighted by molar-refractivity contribution is -0.118. The highest BCUT2D eigenvalue weighted by Gasteiger charge is 2.28. The molecule has 0 spiro atoms. The van der Waals surface area contributed by atoms with Crippen LogP contribution in [0.2, 0.25) is 0 Å². The summed E-state index contributed by atoms with van der Waals surface area (Å²) in [6.45, 7) is 5.07. The molecule has 24 heavy (non-hydrogen) atoms. The van der Waals surface area contributed by atoms with Crippen LogP contribution in [0.5, 0.6) is 0 Å². The van der Waals surface area contributed by atoms with E-state index in [0.717, 1.165) is 11.1 Å². The lowest BCUT2D eigenvalue weighted by Crippen LogP contribution is -2.25. The predicted octanol–water partition coefficient (Wildman–Crippen LogP) is 2.15. The van der Waals surface area contributed by atoms with Crippen molar-refractivity contribution in [1.29, 1.82) is 0 Å². The fourth-order valence-electron chi connectivity index (χ4n) is 2.35. The summed E-state index contributed by atoms with van der Waals surface area (Å²) < 4.78 is 28.3. The van der Waals surface area contributed by atoms with Crippen LogP contribution in [0, 0.1) is 0 Å². The molecular weight excluding hydrogens is 346 g/mol. The number of hydrogen-bond donors (Lipinski definition) is 1. The summed E-state index contributed by atoms with van der Waals surface area (Å²) in [5, 5.41) is 2.93. The predicted molar refractivity (Wildman–Crippen MR) is 97.7 cm³/mol. The molecule has 1 N–H and O–H groups in total. The zero-order valence-corrected chi connectivity index (χ0v) is 15.8. The van der Waals surface area contributed by atoms with Crippen molar-refractivity contribution >= 4 is 27.5 Å². The second-order valence-corrected chi connectivity index (χ2v) is 9.81. The molecule has 0 radical (unpaired) electrons. The Kier molecular flexibility index (Phi) is 7.13. The van der Waals surface area contributed by atoms with Gasteiger partial charge in [-0.25, -0.2) is 8.42 Å². The Hall–Kier alpha value is -1.05. The summed E-state index contributed by atoms with van der Waals surface area (Å²) in [4.78, 5) is 11.9. The number of hydrogen-bond acceptors (Lipinski definition) is 5. The molecule has 0 unspecified atom stereocenters. The molecule has 1 aromatic rings. The first-order valence-corrected chi connectivity index (χ1v) is 11.0. The average Bonchev–Trinajstić information content (AvgIpc) is 2.89. The molecule has 1 amide bonds. The molecule has 0 aromatic heterocycles. The standard InChI is InChI=1S/C17H25NO4S2/c1-13(2)22-10-15-5-3-14(4-6-15)9-18-17(19)11-23-16-7-8-24(20,21)12-16/h3-6,13,16H,7-12H2,1-2H3,(H,18,19)/t16-/m0/s1. The fraction of sp³-hybridized carbons (Fsp3) is 0.588. The van der Waals surface area contributed by atoms with Gasteiger partial charge in [0, 0.05) is 11.8 Å². The molecule has 1 heterocycles. The highest BCUT2D eigenvalue weighted by Crippen LogP contribution is 2.23. The van der Waals surface area contributed by atoms with E-state index in [1.165, 1.54) is 11.8 Å². The fourth-order valence-corrected chi connectivity index (χ4v) is 5.83. The lowest BCUT2D eigenvalue weighted by atomic mass is 10.1. The third-order valence-corrected chi connectivity index (χ3v) is 7.02. The maximum atomic E-state index is 11.9. The minimum atomic E-state index is -2.88. The normalized spacial score (nSPS) is 19.5. The highest BCUT2D eigenvalue weighted by molar-refractivity contribution is 8.02. The molecule has 0 aliphatic carbocycles. The highest BCUT2D eigenvalue weighted by atomic mass is 32.2. The van der Waals surface area contributed by atoms with E-state index >= 15 is 0 Å². The van der Waals surface area contributed by atoms with Crippen LogP contribution in [0.15, 0.2) is 24.3 Å². The maximum absolute atomic E-state index is 11.9. The summed E-state index contributed by atoms with van der Waals surface area (Å²) in [5.74, 6) is 0.696. The number of rotatable bonds is 8. The van der Waals surface area contributed by atoms with E-state index in [2.05, 4.69) is 5.32 Å². The summed E-state index contributed by atoms with van der Waals surface area (Å²) in [5.41, 5.74) is 2.14. The van der Waals surface area contributed by atoms with Crippen molar-refractivity contribution in [3.05, 3.63) is 35.4 Å². The zero-order chi connectivity index (χ0) is 17.6. The van der Waals surface area contributed by atoms with Gasteiger partial charge in [-0.05, 0) is 31.4 Å². The summed E-state index contributed by atoms with van der Waals surface area (Å²) in [6, 6.07) is 7.97. The third kappa shape index (κ3) is 6.83. The van der Waals surface area contributed by atoms with Crippen LogP contribution in [0.25, 0.3) is 0 Å². The van der Waals surface area contributed by atoms with E-state index in [-0.39, 0.29) is 28.8 Å². The molecular formula is C17H25NO4S2. The molecule has 0 saturated carbocycles. The van der Waals surface area contributed by atoms with Gasteiger partial charge in [-0.15, -0.1) is 11.8 Å². The number of carbonyl (C=O) groups excluding carboxylic acids is 1. The van der Waals surface area contributed by atoms with Gasteiger partial charge in [0.1, 0.15) is 0 Å². The van der Waals surface area contributed by atoms with Gasteiger partial charge in [0.05, 0.1) is 30.0 Å². The first-order valence-electron chi connectivity index (χ1n) is 8.12. The molecule has 0 bridgehead atoms. The van der Waals surface area contributed by atoms with Gasteiger partial charge in [-0.1, -0.05) is 24.3 Å². The second kappa shape index (κ2) is 8.87. The van der Waals surface area contributed by atoms with Gasteiger partial charge >= 0.3 is 0 Å². The van der Waals surface area contributed by atoms with Crippen molar-refractivity contribution in [3.8, 4) is 0 Å². The van der Waals surface area contributed by atoms with Crippen LogP contribution in [0.1, 0.15) is 31.4 Å². The van der Waals surface area contributed by atoms with E-state index in [0.29, 0.717) is 25.3 Å². The quantitative estimate of drug-likeness (QED) is 0.758. The molecule has 5 nitrogen and oxygen atoms in total. The Morgan fingerprint density at radius 2 is 1.96 bits per heavy atom.